The van der Waals surface area contributed by atoms with Crippen molar-refractivity contribution in [3.05, 3.63) is 0 Å². The fourth-order valence-corrected chi connectivity index (χ4v) is 3.21. The Bertz CT molecular complexity index is 268. The molecule has 0 aromatic rings. The van der Waals surface area contributed by atoms with Crippen molar-refractivity contribution in [2.75, 3.05) is 13.2 Å². The lowest BCUT2D eigenvalue weighted by Gasteiger charge is -2.28. The Labute approximate surface area is 102 Å². The third-order valence-corrected chi connectivity index (χ3v) is 4.70. The zero-order chi connectivity index (χ0) is 11.5. The molecule has 16 heavy (non-hydrogen) atoms. The molecule has 3 unspecified atom stereocenters. The van der Waals surface area contributed by atoms with Gasteiger partial charge in [-0.2, -0.15) is 0 Å². The second-order valence-electron chi connectivity index (χ2n) is 5.09. The van der Waals surface area contributed by atoms with Crippen molar-refractivity contribution in [3.63, 3.8) is 0 Å². The van der Waals surface area contributed by atoms with Gasteiger partial charge in [0.25, 0.3) is 0 Å². The summed E-state index contributed by atoms with van der Waals surface area (Å²) < 4.78 is 5.55. The number of thioether (sulfide) groups is 1. The largest absolute Gasteiger partial charge is 0.378 e. The Balaban J connectivity index is 1.78. The van der Waals surface area contributed by atoms with Gasteiger partial charge in [-0.1, -0.05) is 25.6 Å². The Morgan fingerprint density at radius 3 is 2.94 bits per heavy atom. The first-order valence-corrected chi connectivity index (χ1v) is 7.12. The normalized spacial score (nSPS) is 35.2. The molecule has 2 aliphatic rings. The van der Waals surface area contributed by atoms with E-state index in [9.17, 15) is 0 Å². The van der Waals surface area contributed by atoms with Crippen LogP contribution in [-0.4, -0.2) is 35.7 Å². The van der Waals surface area contributed by atoms with E-state index >= 15 is 0 Å². The van der Waals surface area contributed by atoms with Crippen LogP contribution in [0.2, 0.25) is 0 Å². The summed E-state index contributed by atoms with van der Waals surface area (Å²) in [6, 6.07) is 0.556. The average Bonchev–Trinajstić information content (AvgIpc) is 2.66. The van der Waals surface area contributed by atoms with Gasteiger partial charge in [0.15, 0.2) is 5.17 Å². The molecule has 92 valence electrons. The van der Waals surface area contributed by atoms with Crippen molar-refractivity contribution in [3.8, 4) is 0 Å². The molecule has 4 heteroatoms. The fraction of sp³-hybridized carbons (Fsp3) is 0.917. The van der Waals surface area contributed by atoms with Crippen LogP contribution in [0.5, 0.6) is 0 Å². The summed E-state index contributed by atoms with van der Waals surface area (Å²) >= 11 is 1.91. The summed E-state index contributed by atoms with van der Waals surface area (Å²) in [7, 11) is 0. The van der Waals surface area contributed by atoms with E-state index in [0.717, 1.165) is 31.2 Å². The first-order chi connectivity index (χ1) is 7.65. The maximum absolute atomic E-state index is 5.55. The number of nitrogens with one attached hydrogen (secondary N) is 1. The van der Waals surface area contributed by atoms with Gasteiger partial charge in [0.2, 0.25) is 0 Å². The number of ether oxygens (including phenoxy) is 1. The Kier molecular flexibility index (Phi) is 4.14. The standard InChI is InChI=1S/C12H22N2OS/c1-8(2)11-7-13-12(16-11)14-10-4-5-15-9(3)6-10/h8-11H,4-7H2,1-3H3,(H,13,14). The van der Waals surface area contributed by atoms with E-state index in [0.29, 0.717) is 23.3 Å². The van der Waals surface area contributed by atoms with E-state index < -0.39 is 0 Å². The maximum atomic E-state index is 5.55. The summed E-state index contributed by atoms with van der Waals surface area (Å²) in [5, 5.41) is 5.38. The van der Waals surface area contributed by atoms with Crippen LogP contribution in [0.1, 0.15) is 33.6 Å². The average molecular weight is 242 g/mol. The summed E-state index contributed by atoms with van der Waals surface area (Å²) in [6.07, 6.45) is 2.60. The van der Waals surface area contributed by atoms with E-state index in [1.807, 2.05) is 11.8 Å². The molecular formula is C12H22N2OS. The van der Waals surface area contributed by atoms with E-state index in [2.05, 4.69) is 31.1 Å². The van der Waals surface area contributed by atoms with E-state index in [1.165, 1.54) is 0 Å². The van der Waals surface area contributed by atoms with E-state index in [4.69, 9.17) is 4.74 Å². The van der Waals surface area contributed by atoms with Gasteiger partial charge in [-0.15, -0.1) is 0 Å². The zero-order valence-corrected chi connectivity index (χ0v) is 11.2. The monoisotopic (exact) mass is 242 g/mol. The van der Waals surface area contributed by atoms with Crippen LogP contribution in [0.3, 0.4) is 0 Å². The van der Waals surface area contributed by atoms with E-state index in [-0.39, 0.29) is 0 Å². The quantitative estimate of drug-likeness (QED) is 0.806. The van der Waals surface area contributed by atoms with Crippen LogP contribution in [0.25, 0.3) is 0 Å². The van der Waals surface area contributed by atoms with Gasteiger partial charge in [-0.25, -0.2) is 0 Å². The van der Waals surface area contributed by atoms with E-state index in [1.54, 1.807) is 0 Å². The summed E-state index contributed by atoms with van der Waals surface area (Å²) in [5.74, 6) is 0.710. The molecule has 1 N–H and O–H groups in total. The molecule has 3 nitrogen and oxygen atoms in total. The maximum Gasteiger partial charge on any atom is 0.157 e. The van der Waals surface area contributed by atoms with Gasteiger partial charge in [0.1, 0.15) is 0 Å². The molecule has 0 spiro atoms. The van der Waals surface area contributed by atoms with Gasteiger partial charge < -0.3 is 10.1 Å². The second kappa shape index (κ2) is 5.41. The highest BCUT2D eigenvalue weighted by atomic mass is 32.2. The van der Waals surface area contributed by atoms with Crippen molar-refractivity contribution < 1.29 is 4.74 Å². The van der Waals surface area contributed by atoms with Crippen LogP contribution >= 0.6 is 11.8 Å². The lowest BCUT2D eigenvalue weighted by Crippen LogP contribution is -2.40. The molecule has 0 radical (unpaired) electrons. The van der Waals surface area contributed by atoms with Gasteiger partial charge >= 0.3 is 0 Å². The summed E-state index contributed by atoms with van der Waals surface area (Å²) in [6.45, 7) is 8.54. The highest BCUT2D eigenvalue weighted by Gasteiger charge is 2.26. The first-order valence-electron chi connectivity index (χ1n) is 6.24. The van der Waals surface area contributed by atoms with Crippen LogP contribution in [0, 0.1) is 5.92 Å². The lowest BCUT2D eigenvalue weighted by molar-refractivity contribution is 0.0168. The molecule has 0 aromatic heterocycles. The van der Waals surface area contributed by atoms with Crippen LogP contribution in [0.4, 0.5) is 0 Å². The number of nitrogens with zero attached hydrogens (tertiary/aromatic N) is 1. The predicted molar refractivity (Wildman–Crippen MR) is 70.1 cm³/mol. The molecule has 2 rings (SSSR count). The van der Waals surface area contributed by atoms with Crippen LogP contribution in [-0.2, 0) is 4.74 Å². The smallest absolute Gasteiger partial charge is 0.157 e. The third kappa shape index (κ3) is 3.14. The zero-order valence-electron chi connectivity index (χ0n) is 10.4. The highest BCUT2D eigenvalue weighted by Crippen LogP contribution is 2.27. The van der Waals surface area contributed by atoms with Crippen molar-refractivity contribution in [1.29, 1.82) is 0 Å². The molecule has 1 saturated heterocycles. The molecule has 0 amide bonds. The fourth-order valence-electron chi connectivity index (χ4n) is 2.12. The Morgan fingerprint density at radius 2 is 2.31 bits per heavy atom. The molecule has 2 aliphatic heterocycles. The molecule has 3 atom stereocenters. The van der Waals surface area contributed by atoms with Gasteiger partial charge in [0, 0.05) is 17.9 Å². The minimum absolute atomic E-state index is 0.388. The summed E-state index contributed by atoms with van der Waals surface area (Å²) in [5.41, 5.74) is 0. The Morgan fingerprint density at radius 1 is 1.50 bits per heavy atom. The van der Waals surface area contributed by atoms with Crippen LogP contribution in [0.15, 0.2) is 4.99 Å². The Hall–Kier alpha value is -0.220. The van der Waals surface area contributed by atoms with Crippen molar-refractivity contribution >= 4 is 16.9 Å². The first kappa shape index (κ1) is 12.2. The van der Waals surface area contributed by atoms with Crippen molar-refractivity contribution in [1.82, 2.24) is 5.32 Å². The third-order valence-electron chi connectivity index (χ3n) is 3.23. The SMILES string of the molecule is CC1CC(NC2=NCC(C(C)C)S2)CCO1. The number of hydrogen-bond acceptors (Lipinski definition) is 4. The van der Waals surface area contributed by atoms with Gasteiger partial charge in [0.05, 0.1) is 12.6 Å². The molecule has 1 fully saturated rings. The molecule has 0 aromatic carbocycles. The number of hydrogen-bond donors (Lipinski definition) is 1. The van der Waals surface area contributed by atoms with Gasteiger partial charge in [-0.3, -0.25) is 4.99 Å². The topological polar surface area (TPSA) is 33.6 Å². The molecular weight excluding hydrogens is 220 g/mol. The van der Waals surface area contributed by atoms with Crippen LogP contribution < -0.4 is 5.32 Å². The van der Waals surface area contributed by atoms with Crippen molar-refractivity contribution in [2.45, 2.75) is 51.0 Å². The number of amidine groups is 1. The molecule has 2 heterocycles. The second-order valence-corrected chi connectivity index (χ2v) is 6.32. The lowest BCUT2D eigenvalue weighted by atomic mass is 10.1. The van der Waals surface area contributed by atoms with Crippen molar-refractivity contribution in [2.24, 2.45) is 10.9 Å². The molecule has 0 bridgehead atoms. The number of rotatable bonds is 2. The highest BCUT2D eigenvalue weighted by molar-refractivity contribution is 8.14. The number of aliphatic imine (C=N–C) groups is 1. The minimum atomic E-state index is 0.388. The predicted octanol–water partition coefficient (Wildman–Crippen LogP) is 2.27. The minimum Gasteiger partial charge on any atom is -0.378 e. The summed E-state index contributed by atoms with van der Waals surface area (Å²) in [4.78, 5) is 4.59. The molecule has 0 aliphatic carbocycles. The molecule has 0 saturated carbocycles. The van der Waals surface area contributed by atoms with Gasteiger partial charge in [-0.05, 0) is 25.7 Å².